The van der Waals surface area contributed by atoms with Crippen molar-refractivity contribution in [2.75, 3.05) is 5.33 Å². The molecule has 0 radical (unpaired) electrons. The fraction of sp³-hybridized carbons (Fsp3) is 1.00. The molecule has 0 aliphatic heterocycles. The van der Waals surface area contributed by atoms with Crippen LogP contribution >= 0.6 is 63.7 Å². The molecule has 0 saturated heterocycles. The lowest BCUT2D eigenvalue weighted by atomic mass is 10.4. The Morgan fingerprint density at radius 2 is 1.62 bits per heavy atom. The molecule has 0 nitrogen and oxygen atoms in total. The second-order valence-electron chi connectivity index (χ2n) is 1.38. The summed E-state index contributed by atoms with van der Waals surface area (Å²) >= 11 is 13.6. The van der Waals surface area contributed by atoms with Crippen molar-refractivity contribution < 1.29 is 0 Å². The largest absolute Gasteiger partial charge is 0.0916 e. The predicted octanol–water partition coefficient (Wildman–Crippen LogP) is 3.65. The summed E-state index contributed by atoms with van der Waals surface area (Å²) in [4.78, 5) is 0.561. The average molecular weight is 374 g/mol. The Kier molecular flexibility index (Phi) is 7.05. The van der Waals surface area contributed by atoms with Gasteiger partial charge in [0.25, 0.3) is 0 Å². The first-order chi connectivity index (χ1) is 3.66. The highest BCUT2D eigenvalue weighted by atomic mass is 79.9. The van der Waals surface area contributed by atoms with Gasteiger partial charge in [-0.1, -0.05) is 63.7 Å². The lowest BCUT2D eigenvalue weighted by Gasteiger charge is -2.04. The zero-order valence-electron chi connectivity index (χ0n) is 4.08. The predicted molar refractivity (Wildman–Crippen MR) is 52.8 cm³/mol. The van der Waals surface area contributed by atoms with Crippen LogP contribution in [0.5, 0.6) is 0 Å². The van der Waals surface area contributed by atoms with Crippen molar-refractivity contribution in [1.82, 2.24) is 0 Å². The van der Waals surface area contributed by atoms with E-state index in [0.29, 0.717) is 8.56 Å². The molecule has 0 rings (SSSR count). The highest BCUT2D eigenvalue weighted by Gasteiger charge is 2.05. The summed E-state index contributed by atoms with van der Waals surface area (Å²) in [6.45, 7) is 0. The number of rotatable bonds is 3. The summed E-state index contributed by atoms with van der Waals surface area (Å²) in [5.74, 6) is 0. The molecule has 8 heavy (non-hydrogen) atoms. The van der Waals surface area contributed by atoms with Gasteiger partial charge in [-0.2, -0.15) is 0 Å². The monoisotopic (exact) mass is 370 g/mol. The maximum absolute atomic E-state index is 3.47. The first-order valence-electron chi connectivity index (χ1n) is 2.15. The Labute approximate surface area is 83.3 Å². The molecule has 0 heterocycles. The fourth-order valence-electron chi connectivity index (χ4n) is 0.256. The van der Waals surface area contributed by atoms with Crippen LogP contribution in [0.1, 0.15) is 6.42 Å². The van der Waals surface area contributed by atoms with E-state index in [9.17, 15) is 0 Å². The molecule has 0 aliphatic rings. The summed E-state index contributed by atoms with van der Waals surface area (Å²) in [6, 6.07) is 0. The molecule has 1 atom stereocenters. The van der Waals surface area contributed by atoms with Crippen molar-refractivity contribution in [1.29, 1.82) is 0 Å². The van der Waals surface area contributed by atoms with Gasteiger partial charge < -0.3 is 0 Å². The highest BCUT2D eigenvalue weighted by molar-refractivity contribution is 9.24. The number of halogens is 4. The summed E-state index contributed by atoms with van der Waals surface area (Å²) < 4.78 is 0.428. The first kappa shape index (κ1) is 9.92. The Morgan fingerprint density at radius 1 is 1.12 bits per heavy atom. The minimum atomic E-state index is 0.428. The van der Waals surface area contributed by atoms with Gasteiger partial charge in [0.05, 0.1) is 3.74 Å². The molecule has 0 aliphatic carbocycles. The molecule has 0 fully saturated rings. The second-order valence-corrected chi connectivity index (χ2v) is 6.76. The molecule has 4 heteroatoms. The summed E-state index contributed by atoms with van der Waals surface area (Å²) in [7, 11) is 0. The van der Waals surface area contributed by atoms with Crippen molar-refractivity contribution >= 4 is 63.7 Å². The molecular formula is C4H6Br4. The maximum atomic E-state index is 3.47. The zero-order valence-corrected chi connectivity index (χ0v) is 10.4. The second kappa shape index (κ2) is 5.69. The summed E-state index contributed by atoms with van der Waals surface area (Å²) in [6.07, 6.45) is 1.09. The van der Waals surface area contributed by atoms with Crippen LogP contribution in [0.4, 0.5) is 0 Å². The Balaban J connectivity index is 3.10. The van der Waals surface area contributed by atoms with Crippen LogP contribution in [0.15, 0.2) is 0 Å². The molecular weight excluding hydrogens is 368 g/mol. The van der Waals surface area contributed by atoms with Gasteiger partial charge in [0.2, 0.25) is 0 Å². The SMILES string of the molecule is BrCC(Br)CC(Br)Br. The van der Waals surface area contributed by atoms with Crippen LogP contribution in [0.3, 0.4) is 0 Å². The van der Waals surface area contributed by atoms with Gasteiger partial charge in [-0.15, -0.1) is 0 Å². The van der Waals surface area contributed by atoms with Crippen LogP contribution in [0.2, 0.25) is 0 Å². The van der Waals surface area contributed by atoms with E-state index in [1.165, 1.54) is 0 Å². The molecule has 0 bridgehead atoms. The van der Waals surface area contributed by atoms with Crippen molar-refractivity contribution in [3.63, 3.8) is 0 Å². The zero-order chi connectivity index (χ0) is 6.57. The smallest absolute Gasteiger partial charge is 0.0708 e. The van der Waals surface area contributed by atoms with Gasteiger partial charge in [-0.25, -0.2) is 0 Å². The lowest BCUT2D eigenvalue weighted by molar-refractivity contribution is 0.934. The molecule has 1 unspecified atom stereocenters. The third kappa shape index (κ3) is 6.05. The third-order valence-electron chi connectivity index (χ3n) is 0.601. The normalized spacial score (nSPS) is 14.6. The van der Waals surface area contributed by atoms with Crippen LogP contribution in [0, 0.1) is 0 Å². The van der Waals surface area contributed by atoms with E-state index in [1.807, 2.05) is 0 Å². The van der Waals surface area contributed by atoms with E-state index in [4.69, 9.17) is 0 Å². The van der Waals surface area contributed by atoms with Crippen molar-refractivity contribution in [2.45, 2.75) is 15.0 Å². The topological polar surface area (TPSA) is 0 Å². The molecule has 0 aromatic carbocycles. The number of alkyl halides is 4. The van der Waals surface area contributed by atoms with Crippen LogP contribution < -0.4 is 0 Å². The van der Waals surface area contributed by atoms with E-state index in [1.54, 1.807) is 0 Å². The number of hydrogen-bond donors (Lipinski definition) is 0. The van der Waals surface area contributed by atoms with Crippen LogP contribution in [-0.4, -0.2) is 13.9 Å². The quantitative estimate of drug-likeness (QED) is 0.663. The van der Waals surface area contributed by atoms with Crippen LogP contribution in [-0.2, 0) is 0 Å². The molecule has 0 aromatic heterocycles. The molecule has 50 valence electrons. The van der Waals surface area contributed by atoms with E-state index in [2.05, 4.69) is 63.7 Å². The van der Waals surface area contributed by atoms with Gasteiger partial charge in [0.15, 0.2) is 0 Å². The first-order valence-corrected chi connectivity index (χ1v) is 6.02. The standard InChI is InChI=1S/C4H6Br4/c5-2-3(6)1-4(7)8/h3-4H,1-2H2. The van der Waals surface area contributed by atoms with E-state index in [0.717, 1.165) is 11.8 Å². The molecule has 0 spiro atoms. The number of hydrogen-bond acceptors (Lipinski definition) is 0. The van der Waals surface area contributed by atoms with Crippen molar-refractivity contribution in [2.24, 2.45) is 0 Å². The van der Waals surface area contributed by atoms with Gasteiger partial charge in [-0.3, -0.25) is 0 Å². The molecule has 0 amide bonds. The Bertz CT molecular complexity index is 54.0. The van der Waals surface area contributed by atoms with Gasteiger partial charge in [-0.05, 0) is 6.42 Å². The van der Waals surface area contributed by atoms with Crippen LogP contribution in [0.25, 0.3) is 0 Å². The van der Waals surface area contributed by atoms with Gasteiger partial charge >= 0.3 is 0 Å². The minimum Gasteiger partial charge on any atom is -0.0916 e. The fourth-order valence-corrected chi connectivity index (χ4v) is 2.80. The van der Waals surface area contributed by atoms with E-state index in [-0.39, 0.29) is 0 Å². The third-order valence-corrected chi connectivity index (χ3v) is 3.70. The average Bonchev–Trinajstić information content (AvgIpc) is 1.65. The summed E-state index contributed by atoms with van der Waals surface area (Å²) in [5.41, 5.74) is 0. The highest BCUT2D eigenvalue weighted by Crippen LogP contribution is 2.20. The van der Waals surface area contributed by atoms with Crippen molar-refractivity contribution in [3.8, 4) is 0 Å². The van der Waals surface area contributed by atoms with Gasteiger partial charge in [0.1, 0.15) is 0 Å². The Morgan fingerprint density at radius 3 is 1.75 bits per heavy atom. The summed E-state index contributed by atoms with van der Waals surface area (Å²) in [5, 5.41) is 1.00. The van der Waals surface area contributed by atoms with Gasteiger partial charge in [0, 0.05) is 10.2 Å². The van der Waals surface area contributed by atoms with Crippen molar-refractivity contribution in [3.05, 3.63) is 0 Å². The van der Waals surface area contributed by atoms with E-state index < -0.39 is 0 Å². The lowest BCUT2D eigenvalue weighted by Crippen LogP contribution is -2.02. The minimum absolute atomic E-state index is 0.428. The Hall–Kier alpha value is 1.92. The molecule has 0 N–H and O–H groups in total. The molecule has 0 aromatic rings. The van der Waals surface area contributed by atoms with E-state index >= 15 is 0 Å². The maximum Gasteiger partial charge on any atom is 0.0708 e. The molecule has 0 saturated carbocycles.